The predicted molar refractivity (Wildman–Crippen MR) is 110 cm³/mol. The van der Waals surface area contributed by atoms with Crippen molar-refractivity contribution >= 4 is 5.91 Å². The molecule has 5 nitrogen and oxygen atoms in total. The molecule has 0 aliphatic heterocycles. The summed E-state index contributed by atoms with van der Waals surface area (Å²) in [6.07, 6.45) is 8.51. The van der Waals surface area contributed by atoms with E-state index in [9.17, 15) is 15.0 Å². The van der Waals surface area contributed by atoms with E-state index in [4.69, 9.17) is 4.74 Å². The van der Waals surface area contributed by atoms with Gasteiger partial charge < -0.3 is 19.8 Å². The fourth-order valence-electron chi connectivity index (χ4n) is 4.21. The third-order valence-corrected chi connectivity index (χ3v) is 6.04. The lowest BCUT2D eigenvalue weighted by Gasteiger charge is -2.19. The second kappa shape index (κ2) is 10.8. The van der Waals surface area contributed by atoms with E-state index in [0.717, 1.165) is 19.3 Å². The number of carbonyl (C=O) groups excluding carboxylic acids is 1. The molecule has 0 aromatic rings. The zero-order chi connectivity index (χ0) is 20.7. The van der Waals surface area contributed by atoms with Crippen molar-refractivity contribution < 1.29 is 19.7 Å². The van der Waals surface area contributed by atoms with E-state index in [-0.39, 0.29) is 30.5 Å². The molecule has 0 heterocycles. The smallest absolute Gasteiger partial charge is 0.248 e. The van der Waals surface area contributed by atoms with Crippen LogP contribution < -0.4 is 0 Å². The molecule has 2 N–H and O–H groups in total. The van der Waals surface area contributed by atoms with Gasteiger partial charge in [-0.15, -0.1) is 11.8 Å². The zero-order valence-corrected chi connectivity index (χ0v) is 17.6. The van der Waals surface area contributed by atoms with Gasteiger partial charge in [0.1, 0.15) is 6.61 Å². The lowest BCUT2D eigenvalue weighted by atomic mass is 9.89. The van der Waals surface area contributed by atoms with Crippen molar-refractivity contribution in [3.63, 3.8) is 0 Å². The van der Waals surface area contributed by atoms with E-state index in [1.54, 1.807) is 21.0 Å². The lowest BCUT2D eigenvalue weighted by molar-refractivity contribution is -0.133. The summed E-state index contributed by atoms with van der Waals surface area (Å²) in [5.74, 6) is 6.91. The molecule has 5 heteroatoms. The van der Waals surface area contributed by atoms with E-state index in [2.05, 4.69) is 17.9 Å². The number of amides is 1. The molecule has 0 aromatic carbocycles. The molecule has 0 saturated heterocycles. The van der Waals surface area contributed by atoms with Crippen LogP contribution in [0, 0.1) is 35.5 Å². The topological polar surface area (TPSA) is 70.0 Å². The van der Waals surface area contributed by atoms with Crippen LogP contribution in [0.2, 0.25) is 0 Å². The Bertz CT molecular complexity index is 643. The second-order valence-corrected chi connectivity index (χ2v) is 8.36. The number of rotatable bonds is 8. The van der Waals surface area contributed by atoms with Gasteiger partial charge in [-0.1, -0.05) is 30.7 Å². The van der Waals surface area contributed by atoms with Gasteiger partial charge in [-0.25, -0.2) is 0 Å². The number of hydrogen-bond donors (Lipinski definition) is 2. The molecule has 2 aliphatic rings. The van der Waals surface area contributed by atoms with Crippen LogP contribution in [0.1, 0.15) is 39.5 Å². The van der Waals surface area contributed by atoms with Gasteiger partial charge in [-0.2, -0.15) is 0 Å². The van der Waals surface area contributed by atoms with Crippen LogP contribution in [0.25, 0.3) is 0 Å². The second-order valence-electron chi connectivity index (χ2n) is 8.36. The first kappa shape index (κ1) is 22.7. The summed E-state index contributed by atoms with van der Waals surface area (Å²) in [7, 11) is 3.44. The minimum absolute atomic E-state index is 0.0345. The van der Waals surface area contributed by atoms with E-state index < -0.39 is 6.10 Å². The Morgan fingerprint density at radius 1 is 1.39 bits per heavy atom. The maximum absolute atomic E-state index is 11.5. The summed E-state index contributed by atoms with van der Waals surface area (Å²) < 4.78 is 5.45. The summed E-state index contributed by atoms with van der Waals surface area (Å²) in [5.41, 5.74) is 1.35. The van der Waals surface area contributed by atoms with E-state index in [0.29, 0.717) is 24.9 Å². The van der Waals surface area contributed by atoms with Gasteiger partial charge in [-0.05, 0) is 43.9 Å². The van der Waals surface area contributed by atoms with Gasteiger partial charge in [0.2, 0.25) is 5.91 Å². The fraction of sp³-hybridized carbons (Fsp3) is 0.696. The number of aliphatic hydroxyl groups excluding tert-OH is 2. The van der Waals surface area contributed by atoms with E-state index in [1.807, 2.05) is 19.1 Å². The molecule has 2 saturated carbocycles. The molecule has 2 fully saturated rings. The summed E-state index contributed by atoms with van der Waals surface area (Å²) in [4.78, 5) is 13.1. The highest BCUT2D eigenvalue weighted by molar-refractivity contribution is 5.76. The molecule has 0 radical (unpaired) electrons. The van der Waals surface area contributed by atoms with Crippen LogP contribution >= 0.6 is 0 Å². The number of nitrogens with zero attached hydrogens (tertiary/aromatic N) is 1. The maximum Gasteiger partial charge on any atom is 0.248 e. The van der Waals surface area contributed by atoms with Crippen LogP contribution in [-0.4, -0.2) is 60.5 Å². The largest absolute Gasteiger partial charge is 0.392 e. The minimum atomic E-state index is -0.536. The molecule has 1 amide bonds. The minimum Gasteiger partial charge on any atom is -0.392 e. The highest BCUT2D eigenvalue weighted by Crippen LogP contribution is 2.50. The van der Waals surface area contributed by atoms with Crippen LogP contribution in [0.15, 0.2) is 23.8 Å². The predicted octanol–water partition coefficient (Wildman–Crippen LogP) is 2.39. The van der Waals surface area contributed by atoms with Crippen LogP contribution in [-0.2, 0) is 9.53 Å². The Kier molecular flexibility index (Phi) is 8.75. The Hall–Kier alpha value is -1.61. The number of allylic oxidation sites excluding steroid dienone is 1. The van der Waals surface area contributed by atoms with Crippen molar-refractivity contribution in [3.05, 3.63) is 23.8 Å². The van der Waals surface area contributed by atoms with E-state index >= 15 is 0 Å². The number of carbonyl (C=O) groups is 1. The summed E-state index contributed by atoms with van der Waals surface area (Å²) >= 11 is 0. The first-order valence-corrected chi connectivity index (χ1v) is 10.2. The zero-order valence-electron chi connectivity index (χ0n) is 17.6. The standard InChI is InChI=1S/C23H35NO4/c1-5-6-7-16(2)21(25)9-8-19-20-13-17(12-18(20)14-22(19)26)10-11-28-15-23(27)24(3)4/h8-10,16,18-22,25-26H,7,11-15H2,1-4H3/b9-8+,17-10+/t16-,18-,19+,20-,21+,22+/m0/s1. The Labute approximate surface area is 169 Å². The molecule has 28 heavy (non-hydrogen) atoms. The van der Waals surface area contributed by atoms with Crippen molar-refractivity contribution in [2.45, 2.75) is 51.7 Å². The van der Waals surface area contributed by atoms with Crippen molar-refractivity contribution in [1.29, 1.82) is 0 Å². The third kappa shape index (κ3) is 6.20. The quantitative estimate of drug-likeness (QED) is 0.380. The summed E-state index contributed by atoms with van der Waals surface area (Å²) in [6, 6.07) is 0. The van der Waals surface area contributed by atoms with Gasteiger partial charge in [0.25, 0.3) is 0 Å². The number of aliphatic hydroxyl groups is 2. The van der Waals surface area contributed by atoms with Gasteiger partial charge in [-0.3, -0.25) is 4.79 Å². The number of hydrogen-bond acceptors (Lipinski definition) is 4. The van der Waals surface area contributed by atoms with E-state index in [1.165, 1.54) is 10.5 Å². The van der Waals surface area contributed by atoms with Gasteiger partial charge in [0, 0.05) is 26.4 Å². The first-order valence-electron chi connectivity index (χ1n) is 10.2. The highest BCUT2D eigenvalue weighted by atomic mass is 16.5. The number of ether oxygens (including phenoxy) is 1. The summed E-state index contributed by atoms with van der Waals surface area (Å²) in [5, 5.41) is 20.8. The van der Waals surface area contributed by atoms with Crippen LogP contribution in [0.5, 0.6) is 0 Å². The maximum atomic E-state index is 11.5. The molecule has 0 spiro atoms. The SMILES string of the molecule is CC#CC[C@H](C)[C@H](O)/C=C/[C@@H]1[C@H]2C/C(=C/COCC(=O)N(C)C)C[C@H]2C[C@H]1O. The average Bonchev–Trinajstić information content (AvgIpc) is 3.17. The Balaban J connectivity index is 1.86. The van der Waals surface area contributed by atoms with Gasteiger partial charge >= 0.3 is 0 Å². The molecule has 156 valence electrons. The molecule has 2 aliphatic carbocycles. The normalized spacial score (nSPS) is 30.1. The third-order valence-electron chi connectivity index (χ3n) is 6.04. The monoisotopic (exact) mass is 389 g/mol. The molecule has 0 bridgehead atoms. The van der Waals surface area contributed by atoms with Crippen molar-refractivity contribution in [1.82, 2.24) is 4.90 Å². The Morgan fingerprint density at radius 3 is 2.82 bits per heavy atom. The Morgan fingerprint density at radius 2 is 2.14 bits per heavy atom. The average molecular weight is 390 g/mol. The molecule has 0 aromatic heterocycles. The molecule has 2 rings (SSSR count). The van der Waals surface area contributed by atoms with Crippen molar-refractivity contribution in [2.24, 2.45) is 23.7 Å². The molecular weight excluding hydrogens is 354 g/mol. The highest BCUT2D eigenvalue weighted by Gasteiger charge is 2.45. The van der Waals surface area contributed by atoms with Crippen molar-refractivity contribution in [3.8, 4) is 11.8 Å². The van der Waals surface area contributed by atoms with Crippen molar-refractivity contribution in [2.75, 3.05) is 27.3 Å². The van der Waals surface area contributed by atoms with Crippen LogP contribution in [0.3, 0.4) is 0 Å². The fourth-order valence-corrected chi connectivity index (χ4v) is 4.21. The number of fused-ring (bicyclic) bond motifs is 1. The number of likely N-dealkylation sites (N-methyl/N-ethyl adjacent to an activating group) is 1. The van der Waals surface area contributed by atoms with Crippen LogP contribution in [0.4, 0.5) is 0 Å². The molecule has 0 unspecified atom stereocenters. The first-order chi connectivity index (χ1) is 13.3. The van der Waals surface area contributed by atoms with Gasteiger partial charge in [0.05, 0.1) is 18.8 Å². The summed E-state index contributed by atoms with van der Waals surface area (Å²) in [6.45, 7) is 4.35. The molecular formula is C23H35NO4. The molecule has 6 atom stereocenters. The lowest BCUT2D eigenvalue weighted by Crippen LogP contribution is -2.26. The van der Waals surface area contributed by atoms with Gasteiger partial charge in [0.15, 0.2) is 0 Å².